The van der Waals surface area contributed by atoms with Crippen molar-refractivity contribution in [3.8, 4) is 11.4 Å². The highest BCUT2D eigenvalue weighted by molar-refractivity contribution is 5.75. The molecule has 0 bridgehead atoms. The number of nitrogens with one attached hydrogen (secondary N) is 1. The molecule has 3 N–H and O–H groups in total. The van der Waals surface area contributed by atoms with Gasteiger partial charge in [-0.05, 0) is 50.2 Å². The molecule has 2 fully saturated rings. The molecule has 2 aromatic heterocycles. The van der Waals surface area contributed by atoms with Crippen molar-refractivity contribution in [2.45, 2.75) is 38.0 Å². The largest absolute Gasteiger partial charge is 0.494 e. The third-order valence-corrected chi connectivity index (χ3v) is 8.05. The van der Waals surface area contributed by atoms with Crippen molar-refractivity contribution in [3.05, 3.63) is 64.7 Å². The van der Waals surface area contributed by atoms with Crippen LogP contribution in [0.5, 0.6) is 5.75 Å². The van der Waals surface area contributed by atoms with Crippen LogP contribution < -0.4 is 26.2 Å². The van der Waals surface area contributed by atoms with E-state index < -0.39 is 0 Å². The number of hydrogen-bond acceptors (Lipinski definition) is 9. The average Bonchev–Trinajstić information content (AvgIpc) is 2.98. The van der Waals surface area contributed by atoms with Crippen LogP contribution in [0.1, 0.15) is 43.7 Å². The number of likely N-dealkylation sites (N-methyl/N-ethyl adjacent to an activating group) is 1. The number of hydrogen-bond donors (Lipinski definition) is 2. The van der Waals surface area contributed by atoms with Crippen molar-refractivity contribution in [1.29, 1.82) is 0 Å². The number of benzene rings is 2. The van der Waals surface area contributed by atoms with Gasteiger partial charge in [-0.1, -0.05) is 25.3 Å². The summed E-state index contributed by atoms with van der Waals surface area (Å²) in [6, 6.07) is 13.4. The highest BCUT2D eigenvalue weighted by Gasteiger charge is 2.24. The molecule has 6 rings (SSSR count). The van der Waals surface area contributed by atoms with E-state index in [0.29, 0.717) is 39.9 Å². The molecule has 0 amide bonds. The van der Waals surface area contributed by atoms with E-state index in [-0.39, 0.29) is 11.5 Å². The van der Waals surface area contributed by atoms with E-state index in [1.54, 1.807) is 30.0 Å². The van der Waals surface area contributed by atoms with Crippen LogP contribution in [0.3, 0.4) is 0 Å². The maximum Gasteiger partial charge on any atom is 0.278 e. The number of piperazine rings is 1. The van der Waals surface area contributed by atoms with Crippen molar-refractivity contribution in [2.75, 3.05) is 56.3 Å². The number of fused-ring (bicyclic) bond motifs is 1. The first-order chi connectivity index (χ1) is 19.5. The van der Waals surface area contributed by atoms with E-state index in [1.165, 1.54) is 6.42 Å². The molecular weight excluding hydrogens is 504 g/mol. The van der Waals surface area contributed by atoms with Crippen LogP contribution in [0.25, 0.3) is 16.9 Å². The maximum atomic E-state index is 13.9. The fraction of sp³-hybridized carbons (Fsp3) is 0.400. The predicted octanol–water partition coefficient (Wildman–Crippen LogP) is 4.31. The van der Waals surface area contributed by atoms with Gasteiger partial charge in [0.1, 0.15) is 17.0 Å². The molecule has 1 aliphatic heterocycles. The fourth-order valence-corrected chi connectivity index (χ4v) is 5.77. The molecule has 2 aromatic carbocycles. The third-order valence-electron chi connectivity index (χ3n) is 8.05. The van der Waals surface area contributed by atoms with Crippen molar-refractivity contribution in [3.63, 3.8) is 0 Å². The van der Waals surface area contributed by atoms with Gasteiger partial charge in [0, 0.05) is 49.5 Å². The average molecular weight is 541 g/mol. The molecule has 0 radical (unpaired) electrons. The lowest BCUT2D eigenvalue weighted by Gasteiger charge is -2.34. The molecule has 3 heterocycles. The second-order valence-electron chi connectivity index (χ2n) is 10.8. The first-order valence-electron chi connectivity index (χ1n) is 14.0. The number of rotatable bonds is 6. The van der Waals surface area contributed by atoms with Gasteiger partial charge in [-0.2, -0.15) is 4.98 Å². The number of ether oxygens (including phenoxy) is 1. The Morgan fingerprint density at radius 1 is 0.975 bits per heavy atom. The Labute approximate surface area is 233 Å². The minimum Gasteiger partial charge on any atom is -0.494 e. The lowest BCUT2D eigenvalue weighted by molar-refractivity contribution is 0.312. The zero-order valence-electron chi connectivity index (χ0n) is 23.1. The van der Waals surface area contributed by atoms with Crippen LogP contribution in [0.4, 0.5) is 23.0 Å². The molecule has 1 saturated carbocycles. The zero-order chi connectivity index (χ0) is 27.6. The van der Waals surface area contributed by atoms with Crippen molar-refractivity contribution in [1.82, 2.24) is 24.4 Å². The summed E-state index contributed by atoms with van der Waals surface area (Å²) in [6.07, 6.45) is 7.04. The number of anilines is 4. The van der Waals surface area contributed by atoms with Gasteiger partial charge in [0.05, 0.1) is 24.7 Å². The molecule has 0 unspecified atom stereocenters. The van der Waals surface area contributed by atoms with Gasteiger partial charge in [-0.3, -0.25) is 9.36 Å². The van der Waals surface area contributed by atoms with Crippen LogP contribution in [-0.4, -0.2) is 64.8 Å². The smallest absolute Gasteiger partial charge is 0.278 e. The quantitative estimate of drug-likeness (QED) is 0.345. The highest BCUT2D eigenvalue weighted by Crippen LogP contribution is 2.33. The molecule has 1 aliphatic carbocycles. The molecule has 2 aliphatic rings. The molecule has 0 atom stereocenters. The Morgan fingerprint density at radius 2 is 1.77 bits per heavy atom. The predicted molar refractivity (Wildman–Crippen MR) is 159 cm³/mol. The first-order valence-corrected chi connectivity index (χ1v) is 14.0. The molecule has 1 saturated heterocycles. The first kappa shape index (κ1) is 26.1. The number of nitrogen functional groups attached to an aromatic ring is 1. The zero-order valence-corrected chi connectivity index (χ0v) is 23.1. The van der Waals surface area contributed by atoms with E-state index in [1.807, 2.05) is 24.3 Å². The van der Waals surface area contributed by atoms with Gasteiger partial charge >= 0.3 is 0 Å². The summed E-state index contributed by atoms with van der Waals surface area (Å²) in [5.41, 5.74) is 10.6. The Balaban J connectivity index is 1.39. The van der Waals surface area contributed by atoms with E-state index in [2.05, 4.69) is 33.2 Å². The fourth-order valence-electron chi connectivity index (χ4n) is 5.77. The number of methoxy groups -OCH3 is 1. The lowest BCUT2D eigenvalue weighted by Crippen LogP contribution is -2.44. The van der Waals surface area contributed by atoms with E-state index in [9.17, 15) is 4.79 Å². The van der Waals surface area contributed by atoms with Gasteiger partial charge in [0.2, 0.25) is 5.95 Å². The van der Waals surface area contributed by atoms with E-state index >= 15 is 0 Å². The minimum atomic E-state index is -0.149. The van der Waals surface area contributed by atoms with Gasteiger partial charge in [-0.25, -0.2) is 9.97 Å². The molecule has 4 aromatic rings. The number of aromatic nitrogens is 4. The van der Waals surface area contributed by atoms with E-state index in [4.69, 9.17) is 20.4 Å². The minimum absolute atomic E-state index is 0.138. The number of nitrogens with two attached hydrogens (primary N) is 1. The van der Waals surface area contributed by atoms with Crippen molar-refractivity contribution in [2.24, 2.45) is 0 Å². The summed E-state index contributed by atoms with van der Waals surface area (Å²) >= 11 is 0. The second kappa shape index (κ2) is 11.1. The monoisotopic (exact) mass is 540 g/mol. The summed E-state index contributed by atoms with van der Waals surface area (Å²) in [5, 5.41) is 3.30. The SMILES string of the molecule is COc1cc(N2CCN(C)CC2)ccc1Nc1ncc2nc(C3CCCCC3)c(=O)n(-c3cccc(N)c3)c2n1. The van der Waals surface area contributed by atoms with Crippen molar-refractivity contribution >= 4 is 34.2 Å². The Morgan fingerprint density at radius 3 is 2.52 bits per heavy atom. The van der Waals surface area contributed by atoms with Crippen LogP contribution in [0.15, 0.2) is 53.5 Å². The molecule has 0 spiro atoms. The number of nitrogens with zero attached hydrogens (tertiary/aromatic N) is 6. The highest BCUT2D eigenvalue weighted by atomic mass is 16.5. The van der Waals surface area contributed by atoms with Gasteiger partial charge in [0.15, 0.2) is 5.65 Å². The molecule has 208 valence electrons. The van der Waals surface area contributed by atoms with Crippen LogP contribution >= 0.6 is 0 Å². The standard InChI is InChI=1S/C30H36N8O2/c1-36-13-15-37(16-14-36)22-11-12-24(26(18-22)40-2)34-30-32-19-25-28(35-30)38(23-10-6-9-21(31)17-23)29(39)27(33-25)20-7-4-3-5-8-20/h6,9-12,17-20H,3-5,7-8,13-16,31H2,1-2H3,(H,32,34,35). The maximum absolute atomic E-state index is 13.9. The Bertz CT molecular complexity index is 1570. The van der Waals surface area contributed by atoms with Crippen LogP contribution in [-0.2, 0) is 0 Å². The van der Waals surface area contributed by atoms with Gasteiger partial charge in [-0.15, -0.1) is 0 Å². The summed E-state index contributed by atoms with van der Waals surface area (Å²) in [6.45, 7) is 3.99. The summed E-state index contributed by atoms with van der Waals surface area (Å²) < 4.78 is 7.36. The van der Waals surface area contributed by atoms with E-state index in [0.717, 1.165) is 63.2 Å². The summed E-state index contributed by atoms with van der Waals surface area (Å²) in [5.74, 6) is 1.18. The lowest BCUT2D eigenvalue weighted by atomic mass is 9.87. The normalized spacial score (nSPS) is 16.8. The summed E-state index contributed by atoms with van der Waals surface area (Å²) in [7, 11) is 3.80. The van der Waals surface area contributed by atoms with Gasteiger partial charge < -0.3 is 25.6 Å². The van der Waals surface area contributed by atoms with Crippen LogP contribution in [0, 0.1) is 0 Å². The van der Waals surface area contributed by atoms with Gasteiger partial charge in [0.25, 0.3) is 5.56 Å². The molecule has 40 heavy (non-hydrogen) atoms. The second-order valence-corrected chi connectivity index (χ2v) is 10.8. The Kier molecular flexibility index (Phi) is 7.25. The Hall–Kier alpha value is -4.18. The third kappa shape index (κ3) is 5.19. The van der Waals surface area contributed by atoms with Crippen molar-refractivity contribution < 1.29 is 4.74 Å². The molecular formula is C30H36N8O2. The summed E-state index contributed by atoms with van der Waals surface area (Å²) in [4.78, 5) is 32.8. The molecule has 10 heteroatoms. The molecule has 10 nitrogen and oxygen atoms in total. The van der Waals surface area contributed by atoms with Crippen LogP contribution in [0.2, 0.25) is 0 Å². The topological polar surface area (TPSA) is 114 Å².